The SMILES string of the molecule is COc1ccccc1CNC(=O)CCn1c(C)c(C)[nH]c1=O. The second-order valence-corrected chi connectivity index (χ2v) is 5.13. The minimum atomic E-state index is -0.174. The lowest BCUT2D eigenvalue weighted by molar-refractivity contribution is -0.121. The van der Waals surface area contributed by atoms with Gasteiger partial charge in [-0.1, -0.05) is 18.2 Å². The van der Waals surface area contributed by atoms with Gasteiger partial charge in [-0.15, -0.1) is 0 Å². The molecule has 0 saturated heterocycles. The Kier molecular flexibility index (Phi) is 5.04. The van der Waals surface area contributed by atoms with Crippen LogP contribution in [0.5, 0.6) is 5.75 Å². The molecule has 22 heavy (non-hydrogen) atoms. The Hall–Kier alpha value is -2.50. The number of methoxy groups -OCH3 is 1. The zero-order valence-electron chi connectivity index (χ0n) is 13.1. The summed E-state index contributed by atoms with van der Waals surface area (Å²) in [6.07, 6.45) is 0.257. The molecule has 1 aromatic carbocycles. The lowest BCUT2D eigenvalue weighted by Gasteiger charge is -2.10. The number of H-pyrrole nitrogens is 1. The monoisotopic (exact) mass is 303 g/mol. The highest BCUT2D eigenvalue weighted by molar-refractivity contribution is 5.75. The molecule has 2 N–H and O–H groups in total. The summed E-state index contributed by atoms with van der Waals surface area (Å²) in [4.78, 5) is 26.4. The summed E-state index contributed by atoms with van der Waals surface area (Å²) in [6, 6.07) is 7.54. The second-order valence-electron chi connectivity index (χ2n) is 5.13. The molecule has 0 atom stereocenters. The van der Waals surface area contributed by atoms with E-state index in [0.29, 0.717) is 13.1 Å². The molecule has 2 rings (SSSR count). The number of aromatic amines is 1. The fraction of sp³-hybridized carbons (Fsp3) is 0.375. The minimum Gasteiger partial charge on any atom is -0.496 e. The van der Waals surface area contributed by atoms with Crippen LogP contribution in [-0.4, -0.2) is 22.6 Å². The molecule has 6 nitrogen and oxygen atoms in total. The fourth-order valence-electron chi connectivity index (χ4n) is 2.29. The number of nitrogens with one attached hydrogen (secondary N) is 2. The van der Waals surface area contributed by atoms with Crippen molar-refractivity contribution in [2.75, 3.05) is 7.11 Å². The molecule has 0 radical (unpaired) electrons. The van der Waals surface area contributed by atoms with E-state index in [1.807, 2.05) is 38.1 Å². The molecule has 0 aliphatic heterocycles. The van der Waals surface area contributed by atoms with E-state index >= 15 is 0 Å². The second kappa shape index (κ2) is 6.98. The van der Waals surface area contributed by atoms with Crippen molar-refractivity contribution in [3.05, 3.63) is 51.7 Å². The first-order valence-corrected chi connectivity index (χ1v) is 7.17. The molecule has 0 aliphatic carbocycles. The Balaban J connectivity index is 1.90. The number of benzene rings is 1. The van der Waals surface area contributed by atoms with Gasteiger partial charge in [-0.05, 0) is 19.9 Å². The molecule has 0 unspecified atom stereocenters. The normalized spacial score (nSPS) is 10.5. The van der Waals surface area contributed by atoms with Crippen molar-refractivity contribution in [2.45, 2.75) is 33.4 Å². The minimum absolute atomic E-state index is 0.101. The van der Waals surface area contributed by atoms with Gasteiger partial charge in [0.15, 0.2) is 0 Å². The number of hydrogen-bond acceptors (Lipinski definition) is 3. The van der Waals surface area contributed by atoms with Gasteiger partial charge in [0.25, 0.3) is 0 Å². The number of hydrogen-bond donors (Lipinski definition) is 2. The summed E-state index contributed by atoms with van der Waals surface area (Å²) in [5, 5.41) is 2.85. The Labute approximate surface area is 129 Å². The number of carbonyl (C=O) groups is 1. The molecule has 1 aromatic heterocycles. The molecule has 0 bridgehead atoms. The van der Waals surface area contributed by atoms with Gasteiger partial charge < -0.3 is 15.0 Å². The first kappa shape index (κ1) is 15.9. The van der Waals surface area contributed by atoms with Crippen molar-refractivity contribution in [3.8, 4) is 5.75 Å². The van der Waals surface area contributed by atoms with Crippen molar-refractivity contribution in [1.82, 2.24) is 14.9 Å². The Morgan fingerprint density at radius 2 is 2.05 bits per heavy atom. The van der Waals surface area contributed by atoms with Crippen molar-refractivity contribution in [1.29, 1.82) is 0 Å². The number of aryl methyl sites for hydroxylation is 1. The molecule has 1 amide bonds. The van der Waals surface area contributed by atoms with Gasteiger partial charge in [-0.2, -0.15) is 0 Å². The first-order chi connectivity index (χ1) is 10.5. The molecule has 0 aliphatic rings. The molecule has 118 valence electrons. The molecule has 1 heterocycles. The quantitative estimate of drug-likeness (QED) is 0.849. The number of para-hydroxylation sites is 1. The fourth-order valence-corrected chi connectivity index (χ4v) is 2.29. The van der Waals surface area contributed by atoms with Crippen LogP contribution in [0.2, 0.25) is 0 Å². The zero-order chi connectivity index (χ0) is 16.1. The largest absolute Gasteiger partial charge is 0.496 e. The van der Waals surface area contributed by atoms with E-state index in [1.165, 1.54) is 0 Å². The van der Waals surface area contributed by atoms with E-state index in [-0.39, 0.29) is 18.0 Å². The van der Waals surface area contributed by atoms with Gasteiger partial charge in [-0.25, -0.2) is 4.79 Å². The van der Waals surface area contributed by atoms with E-state index in [4.69, 9.17) is 4.74 Å². The van der Waals surface area contributed by atoms with Gasteiger partial charge in [-0.3, -0.25) is 9.36 Å². The van der Waals surface area contributed by atoms with Gasteiger partial charge in [0.1, 0.15) is 5.75 Å². The van der Waals surface area contributed by atoms with Crippen LogP contribution in [0.25, 0.3) is 0 Å². The Morgan fingerprint density at radius 3 is 2.68 bits per heavy atom. The maximum atomic E-state index is 11.9. The summed E-state index contributed by atoms with van der Waals surface area (Å²) in [6.45, 7) is 4.48. The number of ether oxygens (including phenoxy) is 1. The highest BCUT2D eigenvalue weighted by Gasteiger charge is 2.09. The number of aromatic nitrogens is 2. The van der Waals surface area contributed by atoms with E-state index in [1.54, 1.807) is 11.7 Å². The molecular weight excluding hydrogens is 282 g/mol. The Bertz CT molecular complexity index is 716. The average Bonchev–Trinajstić information content (AvgIpc) is 2.76. The lowest BCUT2D eigenvalue weighted by Crippen LogP contribution is -2.26. The topological polar surface area (TPSA) is 76.1 Å². The summed E-state index contributed by atoms with van der Waals surface area (Å²) in [5.41, 5.74) is 2.44. The van der Waals surface area contributed by atoms with Crippen LogP contribution in [0.4, 0.5) is 0 Å². The van der Waals surface area contributed by atoms with Crippen LogP contribution < -0.4 is 15.7 Å². The lowest BCUT2D eigenvalue weighted by atomic mass is 10.2. The van der Waals surface area contributed by atoms with E-state index in [0.717, 1.165) is 22.7 Å². The number of nitrogens with zero attached hydrogens (tertiary/aromatic N) is 1. The van der Waals surface area contributed by atoms with Crippen LogP contribution in [0.15, 0.2) is 29.1 Å². The van der Waals surface area contributed by atoms with Crippen molar-refractivity contribution >= 4 is 5.91 Å². The van der Waals surface area contributed by atoms with Gasteiger partial charge in [0.05, 0.1) is 7.11 Å². The zero-order valence-corrected chi connectivity index (χ0v) is 13.1. The van der Waals surface area contributed by atoms with Crippen molar-refractivity contribution in [2.24, 2.45) is 0 Å². The number of rotatable bonds is 6. The van der Waals surface area contributed by atoms with E-state index in [9.17, 15) is 9.59 Å². The van der Waals surface area contributed by atoms with Gasteiger partial charge in [0, 0.05) is 36.5 Å². The highest BCUT2D eigenvalue weighted by atomic mass is 16.5. The predicted octanol–water partition coefficient (Wildman–Crippen LogP) is 1.51. The van der Waals surface area contributed by atoms with E-state index < -0.39 is 0 Å². The summed E-state index contributed by atoms with van der Waals surface area (Å²) in [5.74, 6) is 0.646. The molecule has 6 heteroatoms. The maximum Gasteiger partial charge on any atom is 0.325 e. The van der Waals surface area contributed by atoms with Crippen LogP contribution in [0.3, 0.4) is 0 Å². The van der Waals surface area contributed by atoms with Crippen molar-refractivity contribution < 1.29 is 9.53 Å². The van der Waals surface area contributed by atoms with E-state index in [2.05, 4.69) is 10.3 Å². The van der Waals surface area contributed by atoms with Gasteiger partial charge in [0.2, 0.25) is 5.91 Å². The molecule has 0 fully saturated rings. The van der Waals surface area contributed by atoms with Gasteiger partial charge >= 0.3 is 5.69 Å². The smallest absolute Gasteiger partial charge is 0.325 e. The third-order valence-electron chi connectivity index (χ3n) is 3.72. The predicted molar refractivity (Wildman–Crippen MR) is 84.0 cm³/mol. The highest BCUT2D eigenvalue weighted by Crippen LogP contribution is 2.16. The Morgan fingerprint density at radius 1 is 1.32 bits per heavy atom. The average molecular weight is 303 g/mol. The number of carbonyl (C=O) groups excluding carboxylic acids is 1. The van der Waals surface area contributed by atoms with Crippen molar-refractivity contribution in [3.63, 3.8) is 0 Å². The molecule has 0 spiro atoms. The van der Waals surface area contributed by atoms with Crippen LogP contribution in [-0.2, 0) is 17.9 Å². The summed E-state index contributed by atoms with van der Waals surface area (Å²) in [7, 11) is 1.60. The van der Waals surface area contributed by atoms with Crippen LogP contribution in [0, 0.1) is 13.8 Å². The third-order valence-corrected chi connectivity index (χ3v) is 3.72. The summed E-state index contributed by atoms with van der Waals surface area (Å²) < 4.78 is 6.82. The molecule has 0 saturated carbocycles. The van der Waals surface area contributed by atoms with Crippen LogP contribution >= 0.6 is 0 Å². The molecule has 2 aromatic rings. The number of imidazole rings is 1. The first-order valence-electron chi connectivity index (χ1n) is 7.17. The summed E-state index contributed by atoms with van der Waals surface area (Å²) >= 11 is 0. The maximum absolute atomic E-state index is 11.9. The number of amides is 1. The standard InChI is InChI=1S/C16H21N3O3/c1-11-12(2)19(16(21)18-11)9-8-15(20)17-10-13-6-4-5-7-14(13)22-3/h4-7H,8-10H2,1-3H3,(H,17,20)(H,18,21). The van der Waals surface area contributed by atoms with Crippen LogP contribution in [0.1, 0.15) is 23.4 Å². The third kappa shape index (κ3) is 3.58. The molecular formula is C16H21N3O3.